The molecule has 0 radical (unpaired) electrons. The van der Waals surface area contributed by atoms with E-state index in [1.165, 1.54) is 10.9 Å². The van der Waals surface area contributed by atoms with E-state index < -0.39 is 90.1 Å². The number of anilines is 2. The van der Waals surface area contributed by atoms with Gasteiger partial charge in [0.15, 0.2) is 35.1 Å². The molecule has 0 aliphatic carbocycles. The molecule has 46 heavy (non-hydrogen) atoms. The smallest absolute Gasteiger partial charge is 0.394 e. The normalized spacial score (nSPS) is 29.9. The Kier molecular flexibility index (Phi) is 8.84. The molecule has 2 aliphatic heterocycles. The van der Waals surface area contributed by atoms with Crippen molar-refractivity contribution in [3.8, 4) is 0 Å². The first kappa shape index (κ1) is 32.4. The number of nitrogens with two attached hydrogens (primary N) is 2. The van der Waals surface area contributed by atoms with Gasteiger partial charge in [-0.05, 0) is 4.57 Å². The van der Waals surface area contributed by atoms with E-state index >= 15 is 0 Å². The maximum absolute atomic E-state index is 13.0. The lowest BCUT2D eigenvalue weighted by atomic mass is 10.1. The number of nitrogens with zero attached hydrogens (tertiary/aromatic N) is 7. The minimum Gasteiger partial charge on any atom is -0.394 e. The molecule has 0 spiro atoms. The van der Waals surface area contributed by atoms with Crippen molar-refractivity contribution >= 4 is 49.9 Å². The Labute approximate surface area is 256 Å². The average molecular weight is 689 g/mol. The van der Waals surface area contributed by atoms with Crippen molar-refractivity contribution in [2.75, 3.05) is 31.0 Å². The summed E-state index contributed by atoms with van der Waals surface area (Å²) < 4.78 is 54.0. The van der Waals surface area contributed by atoms with Crippen LogP contribution in [0.15, 0.2) is 23.8 Å². The fourth-order valence-electron chi connectivity index (χ4n) is 5.17. The summed E-state index contributed by atoms with van der Waals surface area (Å²) in [7, 11) is -7.87. The number of ether oxygens (including phenoxy) is 3. The molecule has 2 saturated heterocycles. The SMILES string of the molecule is Nc1nc2c(ncn2C2OC(CO)C(OP(=O)(O)OCC3OC(n4cnc5c(N)ncnc54)C(OC[P+](=O)O)C3O)C2O)c(=O)[nH]1. The van der Waals surface area contributed by atoms with Gasteiger partial charge in [0.05, 0.1) is 25.9 Å². The number of hydrogen-bond donors (Lipinski definition) is 8. The summed E-state index contributed by atoms with van der Waals surface area (Å²) in [6, 6.07) is 0. The predicted molar refractivity (Wildman–Crippen MR) is 149 cm³/mol. The number of H-pyrrole nitrogens is 1. The van der Waals surface area contributed by atoms with E-state index in [2.05, 4.69) is 29.9 Å². The topological polar surface area (TPSA) is 341 Å². The Hall–Kier alpha value is -3.57. The molecule has 0 amide bonds. The minimum atomic E-state index is -5.09. The van der Waals surface area contributed by atoms with Crippen molar-refractivity contribution in [1.29, 1.82) is 0 Å². The summed E-state index contributed by atoms with van der Waals surface area (Å²) in [5.74, 6) is -0.199. The van der Waals surface area contributed by atoms with Gasteiger partial charge in [0.2, 0.25) is 5.95 Å². The van der Waals surface area contributed by atoms with Gasteiger partial charge in [-0.15, -0.1) is 0 Å². The molecule has 2 aliphatic rings. The van der Waals surface area contributed by atoms with E-state index in [1.807, 2.05) is 0 Å². The lowest BCUT2D eigenvalue weighted by molar-refractivity contribution is -0.0649. The molecule has 0 aromatic carbocycles. The molecule has 6 rings (SSSR count). The fourth-order valence-corrected chi connectivity index (χ4v) is 6.44. The van der Waals surface area contributed by atoms with Crippen LogP contribution in [0.5, 0.6) is 0 Å². The molecule has 2 fully saturated rings. The van der Waals surface area contributed by atoms with Crippen LogP contribution >= 0.6 is 15.9 Å². The first-order chi connectivity index (χ1) is 21.9. The number of nitrogens with one attached hydrogen (secondary N) is 1. The number of phosphoric acid groups is 1. The number of aromatic amines is 1. The van der Waals surface area contributed by atoms with Crippen LogP contribution in [0.4, 0.5) is 11.8 Å². The molecule has 248 valence electrons. The van der Waals surface area contributed by atoms with Crippen LogP contribution in [0, 0.1) is 0 Å². The van der Waals surface area contributed by atoms with Crippen LogP contribution in [-0.4, -0.2) is 120 Å². The number of imidazole rings is 2. The van der Waals surface area contributed by atoms with E-state index in [4.69, 9.17) is 34.7 Å². The van der Waals surface area contributed by atoms with E-state index in [0.29, 0.717) is 0 Å². The molecule has 4 aromatic rings. The summed E-state index contributed by atoms with van der Waals surface area (Å²) >= 11 is 0. The summed E-state index contributed by atoms with van der Waals surface area (Å²) in [6.45, 7) is -1.55. The van der Waals surface area contributed by atoms with Gasteiger partial charge in [-0.25, -0.2) is 24.5 Å². The van der Waals surface area contributed by atoms with Crippen molar-refractivity contribution < 1.29 is 57.5 Å². The zero-order valence-electron chi connectivity index (χ0n) is 23.2. The predicted octanol–water partition coefficient (Wildman–Crippen LogP) is -2.79. The van der Waals surface area contributed by atoms with Crippen LogP contribution in [0.25, 0.3) is 22.3 Å². The molecule has 4 aromatic heterocycles. The second kappa shape index (κ2) is 12.6. The van der Waals surface area contributed by atoms with Gasteiger partial charge >= 0.3 is 15.9 Å². The fraction of sp³-hybridized carbons (Fsp3) is 0.524. The monoisotopic (exact) mass is 689 g/mol. The van der Waals surface area contributed by atoms with Crippen LogP contribution in [0.3, 0.4) is 0 Å². The summed E-state index contributed by atoms with van der Waals surface area (Å²) in [5.41, 5.74) is 11.0. The molecular formula is C21H27N10O13P2+. The summed E-state index contributed by atoms with van der Waals surface area (Å²) in [6.07, 6.45) is -8.73. The first-order valence-electron chi connectivity index (χ1n) is 13.2. The third-order valence-electron chi connectivity index (χ3n) is 7.22. The highest BCUT2D eigenvalue weighted by Gasteiger charge is 2.51. The lowest BCUT2D eigenvalue weighted by Gasteiger charge is -2.23. The van der Waals surface area contributed by atoms with Crippen molar-refractivity contribution in [3.63, 3.8) is 0 Å². The number of hydrogen-bond acceptors (Lipinski definition) is 18. The minimum absolute atomic E-state index is 0.0493. The number of nitrogen functional groups attached to an aromatic ring is 2. The number of aliphatic hydroxyl groups is 3. The molecule has 25 heteroatoms. The van der Waals surface area contributed by atoms with Gasteiger partial charge < -0.3 is 45.9 Å². The molecule has 6 heterocycles. The first-order valence-corrected chi connectivity index (χ1v) is 16.1. The highest BCUT2D eigenvalue weighted by atomic mass is 31.2. The molecule has 23 nitrogen and oxygen atoms in total. The van der Waals surface area contributed by atoms with Crippen LogP contribution in [0.1, 0.15) is 12.5 Å². The number of rotatable bonds is 11. The zero-order chi connectivity index (χ0) is 32.9. The Bertz CT molecular complexity index is 1870. The van der Waals surface area contributed by atoms with Crippen LogP contribution in [-0.2, 0) is 32.4 Å². The molecule has 10 atom stereocenters. The Balaban J connectivity index is 1.17. The second-order valence-corrected chi connectivity index (χ2v) is 12.5. The number of fused-ring (bicyclic) bond motifs is 2. The van der Waals surface area contributed by atoms with Crippen molar-refractivity contribution in [2.24, 2.45) is 0 Å². The standard InChI is InChI=1S/C21H26N10O13P2/c22-15-9-16(25-3-24-15)30(4-26-9)20-14(40-6-45(36)37)11(33)8(43-20)2-41-46(38,39)44-13-7(1-32)42-19(12(13)34)31-5-27-10-17(31)28-21(23)29-18(10)35/h3-5,7-8,11-14,19-20,32-34H,1-2,6H2,(H6-,22,23,24,25,28,29,35,36,37,38,39)/p+1. The number of aliphatic hydroxyl groups excluding tert-OH is 3. The lowest BCUT2D eigenvalue weighted by Crippen LogP contribution is -2.37. The van der Waals surface area contributed by atoms with E-state index in [0.717, 1.165) is 17.2 Å². The highest BCUT2D eigenvalue weighted by molar-refractivity contribution is 7.47. The van der Waals surface area contributed by atoms with Gasteiger partial charge in [0.25, 0.3) is 11.9 Å². The summed E-state index contributed by atoms with van der Waals surface area (Å²) in [5, 5.41) is 31.8. The highest BCUT2D eigenvalue weighted by Crippen LogP contribution is 2.49. The largest absolute Gasteiger partial charge is 0.534 e. The zero-order valence-corrected chi connectivity index (χ0v) is 24.9. The maximum atomic E-state index is 13.0. The van der Waals surface area contributed by atoms with E-state index in [-0.39, 0.29) is 34.1 Å². The summed E-state index contributed by atoms with van der Waals surface area (Å²) in [4.78, 5) is 54.2. The molecule has 0 bridgehead atoms. The molecule has 10 unspecified atom stereocenters. The third-order valence-corrected chi connectivity index (χ3v) is 8.58. The van der Waals surface area contributed by atoms with Crippen molar-refractivity contribution in [3.05, 3.63) is 29.3 Å². The Morgan fingerprint density at radius 2 is 1.70 bits per heavy atom. The van der Waals surface area contributed by atoms with Gasteiger partial charge in [-0.2, -0.15) is 9.88 Å². The number of phosphoric ester groups is 1. The van der Waals surface area contributed by atoms with Crippen LogP contribution in [0.2, 0.25) is 0 Å². The third kappa shape index (κ3) is 5.99. The van der Waals surface area contributed by atoms with Gasteiger partial charge in [-0.1, -0.05) is 0 Å². The van der Waals surface area contributed by atoms with Crippen LogP contribution < -0.4 is 17.0 Å². The average Bonchev–Trinajstić information content (AvgIpc) is 3.76. The van der Waals surface area contributed by atoms with Gasteiger partial charge in [0.1, 0.15) is 48.5 Å². The van der Waals surface area contributed by atoms with E-state index in [1.54, 1.807) is 0 Å². The Morgan fingerprint density at radius 1 is 1.00 bits per heavy atom. The van der Waals surface area contributed by atoms with Crippen molar-refractivity contribution in [2.45, 2.75) is 49.1 Å². The Morgan fingerprint density at radius 3 is 2.41 bits per heavy atom. The second-order valence-electron chi connectivity index (χ2n) is 10.1. The molecular weight excluding hydrogens is 662 g/mol. The quantitative estimate of drug-likeness (QED) is 0.0738. The molecule has 0 saturated carbocycles. The maximum Gasteiger partial charge on any atom is 0.534 e. The van der Waals surface area contributed by atoms with E-state index in [9.17, 15) is 39.0 Å². The number of aromatic nitrogens is 8. The van der Waals surface area contributed by atoms with Gasteiger partial charge in [-0.3, -0.25) is 28.0 Å². The molecule has 10 N–H and O–H groups in total. The van der Waals surface area contributed by atoms with Crippen molar-refractivity contribution in [1.82, 2.24) is 39.0 Å². The van der Waals surface area contributed by atoms with Gasteiger partial charge in [0, 0.05) is 0 Å².